The van der Waals surface area contributed by atoms with Crippen LogP contribution in [0.15, 0.2) is 47.4 Å². The Morgan fingerprint density at radius 1 is 1.19 bits per heavy atom. The molecule has 0 saturated carbocycles. The molecule has 112 valence electrons. The van der Waals surface area contributed by atoms with Crippen molar-refractivity contribution in [2.45, 2.75) is 30.5 Å². The van der Waals surface area contributed by atoms with Gasteiger partial charge >= 0.3 is 0 Å². The van der Waals surface area contributed by atoms with Crippen molar-refractivity contribution in [2.24, 2.45) is 0 Å². The highest BCUT2D eigenvalue weighted by molar-refractivity contribution is 7.98. The number of hydrogen-bond acceptors (Lipinski definition) is 2. The average Bonchev–Trinajstić information content (AvgIpc) is 2.48. The number of thioether (sulfide) groups is 1. The van der Waals surface area contributed by atoms with Crippen LogP contribution < -0.4 is 5.32 Å². The lowest BCUT2D eigenvalue weighted by atomic mass is 10.2. The largest absolute Gasteiger partial charge is 0.313 e. The number of halogens is 2. The topological polar surface area (TPSA) is 12.0 Å². The molecule has 2 aromatic rings. The molecule has 1 N–H and O–H groups in total. The Morgan fingerprint density at radius 3 is 2.71 bits per heavy atom. The Hall–Kier alpha value is -1.03. The van der Waals surface area contributed by atoms with E-state index in [2.05, 4.69) is 12.2 Å². The number of hydrogen-bond donors (Lipinski definition) is 1. The quantitative estimate of drug-likeness (QED) is 0.550. The highest BCUT2D eigenvalue weighted by Gasteiger charge is 2.06. The van der Waals surface area contributed by atoms with Gasteiger partial charge in [-0.05, 0) is 42.3 Å². The molecular weight excluding hydrogens is 305 g/mol. The van der Waals surface area contributed by atoms with Crippen molar-refractivity contribution in [3.63, 3.8) is 0 Å². The molecule has 2 aromatic carbocycles. The number of rotatable bonds is 7. The van der Waals surface area contributed by atoms with Crippen molar-refractivity contribution in [1.29, 1.82) is 0 Å². The minimum Gasteiger partial charge on any atom is -0.313 e. The first-order valence-corrected chi connectivity index (χ1v) is 8.42. The molecule has 0 unspecified atom stereocenters. The molecule has 1 nitrogen and oxygen atoms in total. The summed E-state index contributed by atoms with van der Waals surface area (Å²) < 4.78 is 14.1. The summed E-state index contributed by atoms with van der Waals surface area (Å²) in [6.07, 6.45) is 1.08. The van der Waals surface area contributed by atoms with Gasteiger partial charge in [-0.2, -0.15) is 0 Å². The third-order valence-corrected chi connectivity index (χ3v) is 4.56. The molecule has 0 aromatic heterocycles. The molecule has 0 aliphatic carbocycles. The summed E-state index contributed by atoms with van der Waals surface area (Å²) in [6, 6.07) is 13.1. The molecule has 0 heterocycles. The van der Waals surface area contributed by atoms with Gasteiger partial charge in [-0.1, -0.05) is 42.8 Å². The van der Waals surface area contributed by atoms with Gasteiger partial charge in [0, 0.05) is 22.2 Å². The molecule has 0 radical (unpaired) electrons. The van der Waals surface area contributed by atoms with E-state index in [4.69, 9.17) is 11.6 Å². The van der Waals surface area contributed by atoms with Crippen LogP contribution in [-0.2, 0) is 12.3 Å². The van der Waals surface area contributed by atoms with Gasteiger partial charge < -0.3 is 5.32 Å². The Bertz CT molecular complexity index is 589. The van der Waals surface area contributed by atoms with Gasteiger partial charge in [-0.3, -0.25) is 0 Å². The van der Waals surface area contributed by atoms with E-state index in [0.717, 1.165) is 29.1 Å². The van der Waals surface area contributed by atoms with Gasteiger partial charge in [-0.25, -0.2) is 4.39 Å². The Balaban J connectivity index is 1.96. The molecule has 0 bridgehead atoms. The summed E-state index contributed by atoms with van der Waals surface area (Å²) in [5.41, 5.74) is 2.00. The first kappa shape index (κ1) is 16.3. The smallest absolute Gasteiger partial charge is 0.137 e. The standard InChI is InChI=1S/C17H19ClFNS/c1-2-9-20-11-13-7-8-17(16(19)10-13)21-12-14-5-3-4-6-15(14)18/h3-8,10,20H,2,9,11-12H2,1H3. The summed E-state index contributed by atoms with van der Waals surface area (Å²) in [7, 11) is 0. The maximum Gasteiger partial charge on any atom is 0.137 e. The van der Waals surface area contributed by atoms with Crippen LogP contribution in [0.3, 0.4) is 0 Å². The molecule has 21 heavy (non-hydrogen) atoms. The zero-order valence-corrected chi connectivity index (χ0v) is 13.6. The zero-order chi connectivity index (χ0) is 15.1. The molecule has 4 heteroatoms. The van der Waals surface area contributed by atoms with E-state index in [1.165, 1.54) is 11.8 Å². The van der Waals surface area contributed by atoms with Gasteiger partial charge in [0.15, 0.2) is 0 Å². The highest BCUT2D eigenvalue weighted by Crippen LogP contribution is 2.28. The van der Waals surface area contributed by atoms with Crippen molar-refractivity contribution in [3.05, 3.63) is 64.4 Å². The lowest BCUT2D eigenvalue weighted by Crippen LogP contribution is -2.13. The van der Waals surface area contributed by atoms with Gasteiger partial charge in [0.05, 0.1) is 0 Å². The Morgan fingerprint density at radius 2 is 2.00 bits per heavy atom. The van der Waals surface area contributed by atoms with Gasteiger partial charge in [0.2, 0.25) is 0 Å². The van der Waals surface area contributed by atoms with E-state index in [1.807, 2.05) is 36.4 Å². The molecule has 0 aliphatic heterocycles. The minimum atomic E-state index is -0.164. The van der Waals surface area contributed by atoms with Crippen molar-refractivity contribution in [1.82, 2.24) is 5.32 Å². The van der Waals surface area contributed by atoms with Gasteiger partial charge in [-0.15, -0.1) is 11.8 Å². The van der Waals surface area contributed by atoms with Crippen LogP contribution in [0.1, 0.15) is 24.5 Å². The monoisotopic (exact) mass is 323 g/mol. The molecule has 0 amide bonds. The second-order valence-corrected chi connectivity index (χ2v) is 6.25. The third-order valence-electron chi connectivity index (χ3n) is 3.09. The van der Waals surface area contributed by atoms with Crippen LogP contribution in [0.25, 0.3) is 0 Å². The van der Waals surface area contributed by atoms with Crippen LogP contribution in [0, 0.1) is 5.82 Å². The van der Waals surface area contributed by atoms with E-state index in [1.54, 1.807) is 6.07 Å². The molecule has 0 saturated heterocycles. The maximum atomic E-state index is 14.1. The van der Waals surface area contributed by atoms with E-state index < -0.39 is 0 Å². The Kier molecular flexibility index (Phi) is 6.55. The predicted octanol–water partition coefficient (Wildman–Crippen LogP) is 5.27. The summed E-state index contributed by atoms with van der Waals surface area (Å²) in [6.45, 7) is 3.77. The van der Waals surface area contributed by atoms with E-state index in [9.17, 15) is 4.39 Å². The number of nitrogens with one attached hydrogen (secondary N) is 1. The molecule has 0 spiro atoms. The molecule has 0 fully saturated rings. The van der Waals surface area contributed by atoms with E-state index >= 15 is 0 Å². The third kappa shape index (κ3) is 5.03. The summed E-state index contributed by atoms with van der Waals surface area (Å²) >= 11 is 7.58. The van der Waals surface area contributed by atoms with E-state index in [0.29, 0.717) is 17.2 Å². The zero-order valence-electron chi connectivity index (χ0n) is 12.0. The van der Waals surface area contributed by atoms with Crippen LogP contribution in [-0.4, -0.2) is 6.54 Å². The fraction of sp³-hybridized carbons (Fsp3) is 0.294. The van der Waals surface area contributed by atoms with Crippen LogP contribution >= 0.6 is 23.4 Å². The fourth-order valence-corrected chi connectivity index (χ4v) is 3.16. The lowest BCUT2D eigenvalue weighted by molar-refractivity contribution is 0.595. The number of benzene rings is 2. The first-order chi connectivity index (χ1) is 10.2. The lowest BCUT2D eigenvalue weighted by Gasteiger charge is -2.08. The van der Waals surface area contributed by atoms with Crippen molar-refractivity contribution in [3.8, 4) is 0 Å². The molecule has 2 rings (SSSR count). The average molecular weight is 324 g/mol. The van der Waals surface area contributed by atoms with E-state index in [-0.39, 0.29) is 5.82 Å². The van der Waals surface area contributed by atoms with Crippen molar-refractivity contribution < 1.29 is 4.39 Å². The summed E-state index contributed by atoms with van der Waals surface area (Å²) in [5.74, 6) is 0.507. The molecular formula is C17H19ClFNS. The Labute approximate surface area is 134 Å². The summed E-state index contributed by atoms with van der Waals surface area (Å²) in [5, 5.41) is 4.00. The maximum absolute atomic E-state index is 14.1. The van der Waals surface area contributed by atoms with Crippen LogP contribution in [0.4, 0.5) is 4.39 Å². The second-order valence-electron chi connectivity index (χ2n) is 4.82. The van der Waals surface area contributed by atoms with Crippen molar-refractivity contribution >= 4 is 23.4 Å². The predicted molar refractivity (Wildman–Crippen MR) is 89.4 cm³/mol. The summed E-state index contributed by atoms with van der Waals surface area (Å²) in [4.78, 5) is 0.661. The first-order valence-electron chi connectivity index (χ1n) is 7.06. The molecule has 0 aliphatic rings. The normalized spacial score (nSPS) is 10.8. The van der Waals surface area contributed by atoms with Gasteiger partial charge in [0.1, 0.15) is 5.82 Å². The highest BCUT2D eigenvalue weighted by atomic mass is 35.5. The second kappa shape index (κ2) is 8.42. The van der Waals surface area contributed by atoms with Crippen molar-refractivity contribution in [2.75, 3.05) is 6.54 Å². The molecule has 0 atom stereocenters. The SMILES string of the molecule is CCCNCc1ccc(SCc2ccccc2Cl)c(F)c1. The van der Waals surface area contributed by atoms with Crippen LogP contribution in [0.5, 0.6) is 0 Å². The minimum absolute atomic E-state index is 0.164. The van der Waals surface area contributed by atoms with Crippen LogP contribution in [0.2, 0.25) is 5.02 Å². The fourth-order valence-electron chi connectivity index (χ4n) is 1.95. The van der Waals surface area contributed by atoms with Gasteiger partial charge in [0.25, 0.3) is 0 Å².